The summed E-state index contributed by atoms with van der Waals surface area (Å²) in [6.45, 7) is 2.01. The zero-order valence-corrected chi connectivity index (χ0v) is 10.7. The lowest BCUT2D eigenvalue weighted by Gasteiger charge is -2.05. The first-order valence-corrected chi connectivity index (χ1v) is 5.57. The van der Waals surface area contributed by atoms with Gasteiger partial charge in [-0.3, -0.25) is 0 Å². The van der Waals surface area contributed by atoms with Crippen LogP contribution in [0.4, 0.5) is 0 Å². The molecule has 0 atom stereocenters. The van der Waals surface area contributed by atoms with Crippen LogP contribution >= 0.6 is 27.5 Å². The number of aryl methyl sites for hydroxylation is 1. The summed E-state index contributed by atoms with van der Waals surface area (Å²) in [7, 11) is 1.28. The standard InChI is InChI=1S/C9H10BrClN2O2/c1-3-4-5-6(10)7(11)13-8(12-5)9(14)15-2/h3-4H2,1-2H3. The van der Waals surface area contributed by atoms with Crippen molar-refractivity contribution in [2.24, 2.45) is 0 Å². The average molecular weight is 294 g/mol. The molecule has 6 heteroatoms. The highest BCUT2D eigenvalue weighted by molar-refractivity contribution is 9.10. The number of rotatable bonds is 3. The van der Waals surface area contributed by atoms with Crippen molar-refractivity contribution in [3.63, 3.8) is 0 Å². The Labute approximate surface area is 101 Å². The minimum atomic E-state index is -0.582. The highest BCUT2D eigenvalue weighted by Gasteiger charge is 2.15. The number of hydrogen-bond acceptors (Lipinski definition) is 4. The molecule has 0 unspecified atom stereocenters. The fourth-order valence-corrected chi connectivity index (χ4v) is 1.61. The first kappa shape index (κ1) is 12.4. The lowest BCUT2D eigenvalue weighted by Crippen LogP contribution is -2.10. The largest absolute Gasteiger partial charge is 0.463 e. The Bertz CT molecular complexity index is 385. The quantitative estimate of drug-likeness (QED) is 0.635. The molecule has 0 aromatic carbocycles. The van der Waals surface area contributed by atoms with Gasteiger partial charge in [-0.2, -0.15) is 0 Å². The number of aromatic nitrogens is 2. The first-order valence-electron chi connectivity index (χ1n) is 4.40. The molecule has 0 spiro atoms. The zero-order chi connectivity index (χ0) is 11.4. The molecule has 0 bridgehead atoms. The number of nitrogens with zero attached hydrogens (tertiary/aromatic N) is 2. The summed E-state index contributed by atoms with van der Waals surface area (Å²) in [5.74, 6) is -0.587. The Kier molecular flexibility index (Phi) is 4.47. The predicted octanol–water partition coefficient (Wildman–Crippen LogP) is 2.63. The summed E-state index contributed by atoms with van der Waals surface area (Å²) in [4.78, 5) is 19.1. The second kappa shape index (κ2) is 5.42. The van der Waals surface area contributed by atoms with Crippen LogP contribution < -0.4 is 0 Å². The normalized spacial score (nSPS) is 10.1. The van der Waals surface area contributed by atoms with Crippen LogP contribution in [0.2, 0.25) is 5.15 Å². The van der Waals surface area contributed by atoms with Gasteiger partial charge in [-0.15, -0.1) is 0 Å². The van der Waals surface area contributed by atoms with Crippen LogP contribution in [0.5, 0.6) is 0 Å². The number of methoxy groups -OCH3 is 1. The number of carbonyl (C=O) groups is 1. The van der Waals surface area contributed by atoms with E-state index in [1.165, 1.54) is 7.11 Å². The Morgan fingerprint density at radius 3 is 2.73 bits per heavy atom. The molecule has 4 nitrogen and oxygen atoms in total. The first-order chi connectivity index (χ1) is 7.10. The maximum Gasteiger partial charge on any atom is 0.376 e. The predicted molar refractivity (Wildman–Crippen MR) is 60.1 cm³/mol. The summed E-state index contributed by atoms with van der Waals surface area (Å²) >= 11 is 9.13. The molecule has 15 heavy (non-hydrogen) atoms. The number of hydrogen-bond donors (Lipinski definition) is 0. The van der Waals surface area contributed by atoms with E-state index < -0.39 is 5.97 Å². The summed E-state index contributed by atoms with van der Waals surface area (Å²) in [5, 5.41) is 0.230. The van der Waals surface area contributed by atoms with E-state index in [4.69, 9.17) is 11.6 Å². The van der Waals surface area contributed by atoms with Gasteiger partial charge in [0.1, 0.15) is 5.15 Å². The molecule has 0 saturated heterocycles. The topological polar surface area (TPSA) is 52.1 Å². The molecular formula is C9H10BrClN2O2. The fourth-order valence-electron chi connectivity index (χ4n) is 1.05. The van der Waals surface area contributed by atoms with Crippen molar-refractivity contribution in [2.75, 3.05) is 7.11 Å². The molecule has 0 radical (unpaired) electrons. The van der Waals surface area contributed by atoms with Crippen LogP contribution in [0.3, 0.4) is 0 Å². The maximum atomic E-state index is 11.2. The minimum Gasteiger partial charge on any atom is -0.463 e. The lowest BCUT2D eigenvalue weighted by molar-refractivity contribution is 0.0586. The third-order valence-corrected chi connectivity index (χ3v) is 3.07. The van der Waals surface area contributed by atoms with Gasteiger partial charge in [0.05, 0.1) is 17.3 Å². The molecule has 1 aromatic heterocycles. The number of ether oxygens (including phenoxy) is 1. The molecule has 0 amide bonds. The monoisotopic (exact) mass is 292 g/mol. The van der Waals surface area contributed by atoms with Gasteiger partial charge < -0.3 is 4.74 Å². The molecule has 0 aliphatic heterocycles. The molecule has 0 saturated carbocycles. The van der Waals surface area contributed by atoms with Gasteiger partial charge in [0.2, 0.25) is 5.82 Å². The average Bonchev–Trinajstić information content (AvgIpc) is 2.23. The van der Waals surface area contributed by atoms with Crippen molar-refractivity contribution < 1.29 is 9.53 Å². The molecule has 0 N–H and O–H groups in total. The van der Waals surface area contributed by atoms with Crippen LogP contribution in [-0.4, -0.2) is 23.0 Å². The second-order valence-electron chi connectivity index (χ2n) is 2.84. The summed E-state index contributed by atoms with van der Waals surface area (Å²) in [6, 6.07) is 0. The van der Waals surface area contributed by atoms with Crippen LogP contribution in [0.1, 0.15) is 29.7 Å². The molecule has 0 fully saturated rings. The van der Waals surface area contributed by atoms with E-state index in [0.29, 0.717) is 4.47 Å². The second-order valence-corrected chi connectivity index (χ2v) is 3.99. The molecular weight excluding hydrogens is 283 g/mol. The van der Waals surface area contributed by atoms with Gasteiger partial charge in [-0.25, -0.2) is 14.8 Å². The van der Waals surface area contributed by atoms with E-state index in [2.05, 4.69) is 30.6 Å². The maximum absolute atomic E-state index is 11.2. The van der Waals surface area contributed by atoms with E-state index in [9.17, 15) is 4.79 Å². The van der Waals surface area contributed by atoms with E-state index in [-0.39, 0.29) is 11.0 Å². The van der Waals surface area contributed by atoms with Crippen LogP contribution in [0.15, 0.2) is 4.47 Å². The van der Waals surface area contributed by atoms with Gasteiger partial charge in [-0.1, -0.05) is 24.9 Å². The number of halogens is 2. The van der Waals surface area contributed by atoms with Gasteiger partial charge in [-0.05, 0) is 22.4 Å². The van der Waals surface area contributed by atoms with Crippen LogP contribution in [0.25, 0.3) is 0 Å². The van der Waals surface area contributed by atoms with Gasteiger partial charge >= 0.3 is 5.97 Å². The van der Waals surface area contributed by atoms with E-state index >= 15 is 0 Å². The van der Waals surface area contributed by atoms with Crippen molar-refractivity contribution in [1.29, 1.82) is 0 Å². The van der Waals surface area contributed by atoms with Gasteiger partial charge in [0.25, 0.3) is 0 Å². The number of carbonyl (C=O) groups excluding carboxylic acids is 1. The van der Waals surface area contributed by atoms with Gasteiger partial charge in [0.15, 0.2) is 0 Å². The van der Waals surface area contributed by atoms with Gasteiger partial charge in [0, 0.05) is 0 Å². The molecule has 0 aliphatic carbocycles. The molecule has 82 valence electrons. The fraction of sp³-hybridized carbons (Fsp3) is 0.444. The van der Waals surface area contributed by atoms with E-state index in [1.54, 1.807) is 0 Å². The number of esters is 1. The summed E-state index contributed by atoms with van der Waals surface area (Å²) in [5.41, 5.74) is 0.720. The SMILES string of the molecule is CCCc1nc(C(=O)OC)nc(Cl)c1Br. The van der Waals surface area contributed by atoms with Crippen molar-refractivity contribution >= 4 is 33.5 Å². The van der Waals surface area contributed by atoms with Crippen molar-refractivity contribution in [1.82, 2.24) is 9.97 Å². The van der Waals surface area contributed by atoms with Crippen LogP contribution in [-0.2, 0) is 11.2 Å². The third-order valence-electron chi connectivity index (χ3n) is 1.73. The zero-order valence-electron chi connectivity index (χ0n) is 8.38. The van der Waals surface area contributed by atoms with E-state index in [1.807, 2.05) is 6.92 Å². The van der Waals surface area contributed by atoms with Crippen LogP contribution in [0, 0.1) is 0 Å². The third kappa shape index (κ3) is 2.89. The Morgan fingerprint density at radius 2 is 2.20 bits per heavy atom. The Morgan fingerprint density at radius 1 is 1.53 bits per heavy atom. The summed E-state index contributed by atoms with van der Waals surface area (Å²) in [6.07, 6.45) is 1.64. The highest BCUT2D eigenvalue weighted by atomic mass is 79.9. The smallest absolute Gasteiger partial charge is 0.376 e. The highest BCUT2D eigenvalue weighted by Crippen LogP contribution is 2.24. The van der Waals surface area contributed by atoms with Crippen molar-refractivity contribution in [3.05, 3.63) is 21.1 Å². The minimum absolute atomic E-state index is 0.00542. The molecule has 1 rings (SSSR count). The van der Waals surface area contributed by atoms with E-state index in [0.717, 1.165) is 18.5 Å². The van der Waals surface area contributed by atoms with Crippen molar-refractivity contribution in [3.8, 4) is 0 Å². The Balaban J connectivity index is 3.16. The molecule has 0 aliphatic rings. The lowest BCUT2D eigenvalue weighted by atomic mass is 10.2. The van der Waals surface area contributed by atoms with Crippen molar-refractivity contribution in [2.45, 2.75) is 19.8 Å². The summed E-state index contributed by atoms with van der Waals surface area (Å²) < 4.78 is 5.16. The Hall–Kier alpha value is -0.680. The molecule has 1 heterocycles. The molecule has 1 aromatic rings.